The fraction of sp³-hybridized carbons (Fsp3) is 0.667. The highest BCUT2D eigenvalue weighted by Gasteiger charge is 2.34. The molecular formula is C15H24O4. The smallest absolute Gasteiger partial charge is 0.158 e. The third kappa shape index (κ3) is 4.56. The van der Waals surface area contributed by atoms with Crippen LogP contribution in [0.2, 0.25) is 0 Å². The molecule has 1 aliphatic rings. The molecule has 1 unspecified atom stereocenters. The van der Waals surface area contributed by atoms with Gasteiger partial charge in [0, 0.05) is 6.42 Å². The van der Waals surface area contributed by atoms with E-state index in [9.17, 15) is 9.90 Å². The Bertz CT molecular complexity index is 391. The average Bonchev–Trinajstić information content (AvgIpc) is 2.32. The van der Waals surface area contributed by atoms with Crippen LogP contribution in [0.25, 0.3) is 0 Å². The average molecular weight is 268 g/mol. The molecule has 0 spiro atoms. The van der Waals surface area contributed by atoms with Crippen LogP contribution < -0.4 is 0 Å². The number of ketones is 1. The Kier molecular flexibility index (Phi) is 5.07. The molecule has 0 amide bonds. The number of carbonyl (C=O) groups is 1. The van der Waals surface area contributed by atoms with Crippen LogP contribution in [0.5, 0.6) is 0 Å². The molecule has 2 atom stereocenters. The number of Topliss-reactive ketones (excluding diaryl/α,β-unsaturated/α-hetero) is 1. The monoisotopic (exact) mass is 268 g/mol. The van der Waals surface area contributed by atoms with E-state index in [-0.39, 0.29) is 11.7 Å². The van der Waals surface area contributed by atoms with E-state index in [1.54, 1.807) is 32.9 Å². The van der Waals surface area contributed by atoms with Gasteiger partial charge in [0.05, 0.1) is 5.60 Å². The summed E-state index contributed by atoms with van der Waals surface area (Å²) in [6.07, 6.45) is 6.92. The van der Waals surface area contributed by atoms with Crippen LogP contribution in [0.4, 0.5) is 0 Å². The molecule has 19 heavy (non-hydrogen) atoms. The summed E-state index contributed by atoms with van der Waals surface area (Å²) < 4.78 is 0. The van der Waals surface area contributed by atoms with Crippen molar-refractivity contribution in [3.05, 3.63) is 23.8 Å². The lowest BCUT2D eigenvalue weighted by molar-refractivity contribution is -0.297. The van der Waals surface area contributed by atoms with Crippen molar-refractivity contribution in [1.82, 2.24) is 0 Å². The summed E-state index contributed by atoms with van der Waals surface area (Å²) in [5.74, 6) is 0.0473. The number of aliphatic hydroxyl groups is 1. The second-order valence-electron chi connectivity index (χ2n) is 6.11. The van der Waals surface area contributed by atoms with Gasteiger partial charge >= 0.3 is 0 Å². The molecule has 4 nitrogen and oxygen atoms in total. The van der Waals surface area contributed by atoms with E-state index in [1.165, 1.54) is 0 Å². The minimum absolute atomic E-state index is 0.0634. The van der Waals surface area contributed by atoms with Gasteiger partial charge in [-0.2, -0.15) is 0 Å². The van der Waals surface area contributed by atoms with Crippen LogP contribution in [-0.4, -0.2) is 27.3 Å². The summed E-state index contributed by atoms with van der Waals surface area (Å²) >= 11 is 0. The standard InChI is InChI=1S/C15H24O4/c1-11-6-7-12(10-13(11)16)15(4,17)9-5-8-14(2,3)19-18/h5-6,8,12,17-18H,7,9-10H2,1-4H3/b8-5+/t12?,15-/m1/s1. The van der Waals surface area contributed by atoms with Crippen molar-refractivity contribution in [1.29, 1.82) is 0 Å². The van der Waals surface area contributed by atoms with Crippen molar-refractivity contribution in [3.8, 4) is 0 Å². The zero-order valence-electron chi connectivity index (χ0n) is 12.1. The molecular weight excluding hydrogens is 244 g/mol. The van der Waals surface area contributed by atoms with Crippen LogP contribution in [-0.2, 0) is 9.68 Å². The van der Waals surface area contributed by atoms with Gasteiger partial charge in [-0.15, -0.1) is 0 Å². The van der Waals surface area contributed by atoms with Crippen molar-refractivity contribution in [2.75, 3.05) is 0 Å². The molecule has 108 valence electrons. The van der Waals surface area contributed by atoms with Crippen LogP contribution in [0.3, 0.4) is 0 Å². The summed E-state index contributed by atoms with van der Waals surface area (Å²) in [4.78, 5) is 16.0. The molecule has 1 aliphatic carbocycles. The van der Waals surface area contributed by atoms with Crippen LogP contribution in [0.1, 0.15) is 47.0 Å². The Morgan fingerprint density at radius 2 is 2.11 bits per heavy atom. The minimum Gasteiger partial charge on any atom is -0.390 e. The molecule has 0 heterocycles. The van der Waals surface area contributed by atoms with Gasteiger partial charge in [-0.25, -0.2) is 4.89 Å². The second kappa shape index (κ2) is 5.99. The van der Waals surface area contributed by atoms with Crippen molar-refractivity contribution < 1.29 is 20.0 Å². The predicted molar refractivity (Wildman–Crippen MR) is 73.7 cm³/mol. The third-order valence-corrected chi connectivity index (χ3v) is 3.75. The maximum Gasteiger partial charge on any atom is 0.158 e. The van der Waals surface area contributed by atoms with E-state index >= 15 is 0 Å². The third-order valence-electron chi connectivity index (χ3n) is 3.75. The Morgan fingerprint density at radius 3 is 2.63 bits per heavy atom. The number of hydrogen-bond donors (Lipinski definition) is 2. The largest absolute Gasteiger partial charge is 0.390 e. The van der Waals surface area contributed by atoms with Crippen LogP contribution in [0.15, 0.2) is 23.8 Å². The SMILES string of the molecule is CC1=CCC([C@](C)(O)C/C=C/C(C)(C)OO)CC1=O. The molecule has 0 bridgehead atoms. The first-order chi connectivity index (χ1) is 8.68. The molecule has 0 radical (unpaired) electrons. The zero-order chi connectivity index (χ0) is 14.7. The van der Waals surface area contributed by atoms with Crippen molar-refractivity contribution in [2.45, 2.75) is 58.2 Å². The van der Waals surface area contributed by atoms with Gasteiger partial charge < -0.3 is 5.11 Å². The van der Waals surface area contributed by atoms with Crippen molar-refractivity contribution in [2.24, 2.45) is 5.92 Å². The quantitative estimate of drug-likeness (QED) is 0.457. The fourth-order valence-electron chi connectivity index (χ4n) is 2.15. The van der Waals surface area contributed by atoms with Crippen LogP contribution in [0, 0.1) is 5.92 Å². The van der Waals surface area contributed by atoms with Gasteiger partial charge in [-0.05, 0) is 52.0 Å². The molecule has 4 heteroatoms. The molecule has 0 fully saturated rings. The highest BCUT2D eigenvalue weighted by atomic mass is 17.1. The number of rotatable bonds is 5. The molecule has 0 aromatic carbocycles. The molecule has 0 saturated carbocycles. The topological polar surface area (TPSA) is 66.8 Å². The maximum absolute atomic E-state index is 11.7. The second-order valence-corrected chi connectivity index (χ2v) is 6.11. The summed E-state index contributed by atoms with van der Waals surface area (Å²) in [5.41, 5.74) is -0.915. The normalized spacial score (nSPS) is 24.4. The van der Waals surface area contributed by atoms with E-state index in [4.69, 9.17) is 5.26 Å². The first kappa shape index (κ1) is 16.1. The van der Waals surface area contributed by atoms with Crippen LogP contribution >= 0.6 is 0 Å². The number of carbonyl (C=O) groups excluding carboxylic acids is 1. The Balaban J connectivity index is 2.65. The Labute approximate surface area is 114 Å². The maximum atomic E-state index is 11.7. The summed E-state index contributed by atoms with van der Waals surface area (Å²) in [6, 6.07) is 0. The molecule has 0 saturated heterocycles. The summed E-state index contributed by atoms with van der Waals surface area (Å²) in [6.45, 7) is 6.99. The summed E-state index contributed by atoms with van der Waals surface area (Å²) in [5, 5.41) is 19.1. The van der Waals surface area contributed by atoms with Crippen molar-refractivity contribution in [3.63, 3.8) is 0 Å². The van der Waals surface area contributed by atoms with Gasteiger partial charge in [0.25, 0.3) is 0 Å². The van der Waals surface area contributed by atoms with E-state index in [0.29, 0.717) is 12.8 Å². The first-order valence-electron chi connectivity index (χ1n) is 6.60. The lowest BCUT2D eigenvalue weighted by Crippen LogP contribution is -2.37. The minimum atomic E-state index is -0.936. The molecule has 0 aromatic rings. The van der Waals surface area contributed by atoms with Gasteiger partial charge in [-0.1, -0.05) is 18.2 Å². The lowest BCUT2D eigenvalue weighted by atomic mass is 9.76. The van der Waals surface area contributed by atoms with Gasteiger partial charge in [0.2, 0.25) is 0 Å². The number of hydrogen-bond acceptors (Lipinski definition) is 4. The van der Waals surface area contributed by atoms with E-state index < -0.39 is 11.2 Å². The van der Waals surface area contributed by atoms with E-state index in [2.05, 4.69) is 4.89 Å². The first-order valence-corrected chi connectivity index (χ1v) is 6.60. The fourth-order valence-corrected chi connectivity index (χ4v) is 2.15. The van der Waals surface area contributed by atoms with Crippen molar-refractivity contribution >= 4 is 5.78 Å². The molecule has 0 aliphatic heterocycles. The van der Waals surface area contributed by atoms with E-state index in [1.807, 2.05) is 13.0 Å². The number of allylic oxidation sites excluding steroid dienone is 2. The van der Waals surface area contributed by atoms with Gasteiger partial charge in [0.1, 0.15) is 5.60 Å². The zero-order valence-corrected chi connectivity index (χ0v) is 12.1. The lowest BCUT2D eigenvalue weighted by Gasteiger charge is -2.33. The van der Waals surface area contributed by atoms with Gasteiger partial charge in [0.15, 0.2) is 5.78 Å². The highest BCUT2D eigenvalue weighted by molar-refractivity contribution is 5.95. The Morgan fingerprint density at radius 1 is 1.47 bits per heavy atom. The predicted octanol–water partition coefficient (Wildman–Crippen LogP) is 2.88. The molecule has 0 aromatic heterocycles. The molecule has 1 rings (SSSR count). The van der Waals surface area contributed by atoms with E-state index in [0.717, 1.165) is 12.0 Å². The summed E-state index contributed by atoms with van der Waals surface area (Å²) in [7, 11) is 0. The van der Waals surface area contributed by atoms with Gasteiger partial charge in [-0.3, -0.25) is 10.1 Å². The Hall–Kier alpha value is -0.970. The molecule has 2 N–H and O–H groups in total. The highest BCUT2D eigenvalue weighted by Crippen LogP contribution is 2.32.